The van der Waals surface area contributed by atoms with Crippen LogP contribution in [-0.4, -0.2) is 16.3 Å². The number of nitrogens with zero attached hydrogens (tertiary/aromatic N) is 3. The van der Waals surface area contributed by atoms with Crippen LogP contribution in [0.2, 0.25) is 0 Å². The third kappa shape index (κ3) is 2.18. The van der Waals surface area contributed by atoms with Crippen molar-refractivity contribution in [3.8, 4) is 0 Å². The number of aromatic nitrogens is 2. The number of hydrogen-bond donors (Lipinski definition) is 1. The Balaban J connectivity index is 1.87. The van der Waals surface area contributed by atoms with Gasteiger partial charge in [-0.3, -0.25) is 4.68 Å². The van der Waals surface area contributed by atoms with Gasteiger partial charge in [0.15, 0.2) is 0 Å². The van der Waals surface area contributed by atoms with Gasteiger partial charge in [-0.1, -0.05) is 18.2 Å². The zero-order chi connectivity index (χ0) is 13.4. The Kier molecular flexibility index (Phi) is 2.93. The van der Waals surface area contributed by atoms with Crippen LogP contribution in [-0.2, 0) is 13.0 Å². The fraction of sp³-hybridized carbons (Fsp3) is 0.400. The van der Waals surface area contributed by atoms with Crippen LogP contribution in [0.15, 0.2) is 30.3 Å². The molecule has 0 atom stereocenters. The standard InChI is InChI=1S/C15H20N4/c1-11(2)19-13(9-15(16)17-19)10-18-8-7-12-5-3-4-6-14(12)18/h3-6,9,11H,7-8,10H2,1-2H3,(H2,16,17). The minimum Gasteiger partial charge on any atom is -0.382 e. The topological polar surface area (TPSA) is 47.1 Å². The molecule has 4 heteroatoms. The second-order valence-corrected chi connectivity index (χ2v) is 5.40. The Morgan fingerprint density at radius 1 is 1.32 bits per heavy atom. The number of para-hydroxylation sites is 1. The van der Waals surface area contributed by atoms with Crippen molar-refractivity contribution >= 4 is 11.5 Å². The van der Waals surface area contributed by atoms with E-state index in [-0.39, 0.29) is 0 Å². The SMILES string of the molecule is CC(C)n1nc(N)cc1CN1CCc2ccccc21. The number of nitrogens with two attached hydrogens (primary N) is 1. The van der Waals surface area contributed by atoms with E-state index in [1.807, 2.05) is 10.7 Å². The minimum absolute atomic E-state index is 0.338. The Morgan fingerprint density at radius 2 is 2.11 bits per heavy atom. The van der Waals surface area contributed by atoms with E-state index in [1.54, 1.807) is 0 Å². The molecule has 0 bridgehead atoms. The van der Waals surface area contributed by atoms with E-state index in [1.165, 1.54) is 16.9 Å². The number of rotatable bonds is 3. The molecule has 1 aromatic heterocycles. The summed E-state index contributed by atoms with van der Waals surface area (Å²) in [6.45, 7) is 6.21. The summed E-state index contributed by atoms with van der Waals surface area (Å²) in [7, 11) is 0. The van der Waals surface area contributed by atoms with Crippen LogP contribution < -0.4 is 10.6 Å². The quantitative estimate of drug-likeness (QED) is 0.918. The van der Waals surface area contributed by atoms with Crippen LogP contribution in [0, 0.1) is 0 Å². The molecule has 0 spiro atoms. The van der Waals surface area contributed by atoms with Gasteiger partial charge < -0.3 is 10.6 Å². The molecule has 19 heavy (non-hydrogen) atoms. The lowest BCUT2D eigenvalue weighted by Crippen LogP contribution is -2.22. The highest BCUT2D eigenvalue weighted by atomic mass is 15.3. The number of benzene rings is 1. The molecule has 3 rings (SSSR count). The smallest absolute Gasteiger partial charge is 0.145 e. The first-order valence-corrected chi connectivity index (χ1v) is 6.82. The summed E-state index contributed by atoms with van der Waals surface area (Å²) in [5, 5.41) is 4.38. The highest BCUT2D eigenvalue weighted by Gasteiger charge is 2.20. The summed E-state index contributed by atoms with van der Waals surface area (Å²) >= 11 is 0. The molecule has 4 nitrogen and oxygen atoms in total. The van der Waals surface area contributed by atoms with Crippen molar-refractivity contribution in [2.24, 2.45) is 0 Å². The van der Waals surface area contributed by atoms with Gasteiger partial charge in [-0.15, -0.1) is 0 Å². The first kappa shape index (κ1) is 12.1. The van der Waals surface area contributed by atoms with Gasteiger partial charge in [0, 0.05) is 24.3 Å². The van der Waals surface area contributed by atoms with Crippen LogP contribution in [0.1, 0.15) is 31.1 Å². The highest BCUT2D eigenvalue weighted by Crippen LogP contribution is 2.29. The lowest BCUT2D eigenvalue weighted by molar-refractivity contribution is 0.508. The van der Waals surface area contributed by atoms with Gasteiger partial charge >= 0.3 is 0 Å². The van der Waals surface area contributed by atoms with E-state index < -0.39 is 0 Å². The molecule has 0 saturated heterocycles. The van der Waals surface area contributed by atoms with E-state index in [2.05, 4.69) is 48.1 Å². The number of fused-ring (bicyclic) bond motifs is 1. The Bertz CT molecular complexity index is 586. The average Bonchev–Trinajstić information content (AvgIpc) is 2.95. The van der Waals surface area contributed by atoms with Gasteiger partial charge in [0.25, 0.3) is 0 Å². The molecular weight excluding hydrogens is 236 g/mol. The van der Waals surface area contributed by atoms with Gasteiger partial charge in [-0.05, 0) is 31.9 Å². The van der Waals surface area contributed by atoms with Crippen molar-refractivity contribution < 1.29 is 0 Å². The second kappa shape index (κ2) is 4.61. The normalized spacial score (nSPS) is 14.2. The Labute approximate surface area is 113 Å². The van der Waals surface area contributed by atoms with Crippen molar-refractivity contribution in [3.05, 3.63) is 41.6 Å². The molecule has 0 amide bonds. The molecule has 0 radical (unpaired) electrons. The summed E-state index contributed by atoms with van der Waals surface area (Å²) in [6.07, 6.45) is 1.13. The Hall–Kier alpha value is -1.97. The highest BCUT2D eigenvalue weighted by molar-refractivity contribution is 5.58. The van der Waals surface area contributed by atoms with Crippen LogP contribution in [0.4, 0.5) is 11.5 Å². The molecule has 100 valence electrons. The fourth-order valence-electron chi connectivity index (χ4n) is 2.79. The summed E-state index contributed by atoms with van der Waals surface area (Å²) < 4.78 is 2.02. The molecule has 2 heterocycles. The maximum Gasteiger partial charge on any atom is 0.145 e. The fourth-order valence-corrected chi connectivity index (χ4v) is 2.79. The van der Waals surface area contributed by atoms with Crippen molar-refractivity contribution in [2.45, 2.75) is 32.9 Å². The summed E-state index contributed by atoms with van der Waals surface area (Å²) in [5.41, 5.74) is 9.80. The van der Waals surface area contributed by atoms with Crippen LogP contribution in [0.3, 0.4) is 0 Å². The lowest BCUT2D eigenvalue weighted by atomic mass is 10.2. The van der Waals surface area contributed by atoms with Crippen molar-refractivity contribution in [2.75, 3.05) is 17.2 Å². The van der Waals surface area contributed by atoms with Gasteiger partial charge in [0.1, 0.15) is 5.82 Å². The molecule has 0 unspecified atom stereocenters. The van der Waals surface area contributed by atoms with Crippen LogP contribution in [0.25, 0.3) is 0 Å². The number of anilines is 2. The molecule has 1 aliphatic heterocycles. The third-order valence-corrected chi connectivity index (χ3v) is 3.66. The summed E-state index contributed by atoms with van der Waals surface area (Å²) in [5.74, 6) is 0.608. The number of hydrogen-bond acceptors (Lipinski definition) is 3. The van der Waals surface area contributed by atoms with E-state index in [9.17, 15) is 0 Å². The van der Waals surface area contributed by atoms with Gasteiger partial charge in [-0.2, -0.15) is 5.10 Å². The Morgan fingerprint density at radius 3 is 2.89 bits per heavy atom. The van der Waals surface area contributed by atoms with Crippen molar-refractivity contribution in [1.29, 1.82) is 0 Å². The van der Waals surface area contributed by atoms with E-state index in [4.69, 9.17) is 5.73 Å². The molecule has 2 N–H and O–H groups in total. The molecule has 0 aliphatic carbocycles. The summed E-state index contributed by atoms with van der Waals surface area (Å²) in [4.78, 5) is 2.41. The van der Waals surface area contributed by atoms with E-state index in [0.29, 0.717) is 11.9 Å². The molecule has 0 saturated carbocycles. The number of nitrogen functional groups attached to an aromatic ring is 1. The van der Waals surface area contributed by atoms with Crippen molar-refractivity contribution in [3.63, 3.8) is 0 Å². The maximum atomic E-state index is 5.84. The van der Waals surface area contributed by atoms with E-state index in [0.717, 1.165) is 19.5 Å². The first-order chi connectivity index (χ1) is 9.15. The van der Waals surface area contributed by atoms with Gasteiger partial charge in [0.05, 0.1) is 12.2 Å². The second-order valence-electron chi connectivity index (χ2n) is 5.40. The average molecular weight is 256 g/mol. The van der Waals surface area contributed by atoms with E-state index >= 15 is 0 Å². The lowest BCUT2D eigenvalue weighted by Gasteiger charge is -2.21. The summed E-state index contributed by atoms with van der Waals surface area (Å²) in [6, 6.07) is 10.9. The van der Waals surface area contributed by atoms with Gasteiger partial charge in [0.2, 0.25) is 0 Å². The van der Waals surface area contributed by atoms with Crippen molar-refractivity contribution in [1.82, 2.24) is 9.78 Å². The minimum atomic E-state index is 0.338. The monoisotopic (exact) mass is 256 g/mol. The molecule has 2 aromatic rings. The third-order valence-electron chi connectivity index (χ3n) is 3.66. The van der Waals surface area contributed by atoms with Gasteiger partial charge in [-0.25, -0.2) is 0 Å². The maximum absolute atomic E-state index is 5.84. The molecule has 1 aromatic carbocycles. The largest absolute Gasteiger partial charge is 0.382 e. The molecule has 0 fully saturated rings. The predicted octanol–water partition coefficient (Wildman–Crippen LogP) is 2.61. The first-order valence-electron chi connectivity index (χ1n) is 6.82. The zero-order valence-electron chi connectivity index (χ0n) is 11.5. The van der Waals surface area contributed by atoms with Crippen LogP contribution >= 0.6 is 0 Å². The molecule has 1 aliphatic rings. The molecular formula is C15H20N4. The zero-order valence-corrected chi connectivity index (χ0v) is 11.5. The van der Waals surface area contributed by atoms with Crippen LogP contribution in [0.5, 0.6) is 0 Å². The predicted molar refractivity (Wildman–Crippen MR) is 78.2 cm³/mol.